The number of fused-ring (bicyclic) bond motifs is 2. The summed E-state index contributed by atoms with van der Waals surface area (Å²) in [7, 11) is 0. The molecule has 2 aliphatic heterocycles. The lowest BCUT2D eigenvalue weighted by molar-refractivity contribution is -0.148. The zero-order chi connectivity index (χ0) is 18.3. The predicted octanol–water partition coefficient (Wildman–Crippen LogP) is 0.0298. The molecule has 3 amide bonds. The third-order valence-corrected chi connectivity index (χ3v) is 5.03. The van der Waals surface area contributed by atoms with Gasteiger partial charge in [0.15, 0.2) is 0 Å². The van der Waals surface area contributed by atoms with Gasteiger partial charge in [0.2, 0.25) is 11.8 Å². The highest BCUT2D eigenvalue weighted by Gasteiger charge is 2.46. The molecular weight excluding hydrogens is 334 g/mol. The highest BCUT2D eigenvalue weighted by atomic mass is 16.3. The predicted molar refractivity (Wildman–Crippen MR) is 94.3 cm³/mol. The molecule has 7 heteroatoms. The van der Waals surface area contributed by atoms with Gasteiger partial charge in [0.25, 0.3) is 5.91 Å². The lowest BCUT2D eigenvalue weighted by atomic mass is 10.1. The molecule has 3 atom stereocenters. The molecule has 2 heterocycles. The van der Waals surface area contributed by atoms with Crippen molar-refractivity contribution in [3.8, 4) is 0 Å². The molecule has 7 nitrogen and oxygen atoms in total. The van der Waals surface area contributed by atoms with Crippen LogP contribution in [0.5, 0.6) is 0 Å². The second-order valence-electron chi connectivity index (χ2n) is 6.72. The quantitative estimate of drug-likeness (QED) is 0.725. The van der Waals surface area contributed by atoms with Gasteiger partial charge in [-0.3, -0.25) is 14.4 Å². The first-order valence-electron chi connectivity index (χ1n) is 8.58. The van der Waals surface area contributed by atoms with E-state index in [9.17, 15) is 19.5 Å². The normalized spacial score (nSPS) is 25.1. The number of hydrogen-bond acceptors (Lipinski definition) is 4. The van der Waals surface area contributed by atoms with Crippen molar-refractivity contribution < 1.29 is 19.5 Å². The van der Waals surface area contributed by atoms with E-state index < -0.39 is 18.7 Å². The van der Waals surface area contributed by atoms with Crippen molar-refractivity contribution in [2.24, 2.45) is 0 Å². The number of amides is 3. The lowest BCUT2D eigenvalue weighted by Gasteiger charge is -2.33. The fourth-order valence-electron chi connectivity index (χ4n) is 3.69. The molecule has 0 saturated carbocycles. The largest absolute Gasteiger partial charge is 0.394 e. The summed E-state index contributed by atoms with van der Waals surface area (Å²) in [6, 6.07) is 11.5. The van der Waals surface area contributed by atoms with E-state index in [1.807, 2.05) is 36.4 Å². The lowest BCUT2D eigenvalue weighted by Crippen LogP contribution is -2.62. The molecule has 0 spiro atoms. The number of aliphatic hydroxyl groups is 1. The molecule has 2 saturated heterocycles. The maximum atomic E-state index is 12.6. The van der Waals surface area contributed by atoms with Gasteiger partial charge < -0.3 is 20.6 Å². The summed E-state index contributed by atoms with van der Waals surface area (Å²) in [4.78, 5) is 38.4. The van der Waals surface area contributed by atoms with Crippen LogP contribution in [0.15, 0.2) is 42.5 Å². The van der Waals surface area contributed by atoms with Crippen LogP contribution in [0.2, 0.25) is 0 Å². The molecule has 0 bridgehead atoms. The van der Waals surface area contributed by atoms with E-state index in [0.717, 1.165) is 10.8 Å². The van der Waals surface area contributed by atoms with Gasteiger partial charge in [0, 0.05) is 18.2 Å². The van der Waals surface area contributed by atoms with Crippen molar-refractivity contribution in [1.29, 1.82) is 0 Å². The van der Waals surface area contributed by atoms with E-state index in [1.54, 1.807) is 6.07 Å². The first kappa shape index (κ1) is 16.5. The van der Waals surface area contributed by atoms with E-state index in [4.69, 9.17) is 0 Å². The Morgan fingerprint density at radius 2 is 1.96 bits per heavy atom. The van der Waals surface area contributed by atoms with Crippen LogP contribution in [0, 0.1) is 0 Å². The van der Waals surface area contributed by atoms with Gasteiger partial charge in [-0.1, -0.05) is 30.3 Å². The highest BCUT2D eigenvalue weighted by Crippen LogP contribution is 2.23. The van der Waals surface area contributed by atoms with Gasteiger partial charge >= 0.3 is 0 Å². The topological polar surface area (TPSA) is 98.7 Å². The summed E-state index contributed by atoms with van der Waals surface area (Å²) < 4.78 is 0. The highest BCUT2D eigenvalue weighted by molar-refractivity contribution is 6.00. The SMILES string of the molecule is O=C(N[C@H]1C[C@H]2C(=O)N[C@@H](CO)C(=O)N2C1)c1ccc2ccccc2c1. The van der Waals surface area contributed by atoms with Gasteiger partial charge in [-0.15, -0.1) is 0 Å². The third kappa shape index (κ3) is 2.80. The standard InChI is InChI=1S/C19H19N3O4/c23-10-15-19(26)22-9-14(8-16(22)18(25)21-15)20-17(24)13-6-5-11-3-1-2-4-12(11)7-13/h1-7,14-16,23H,8-10H2,(H,20,24)(H,21,25)/t14-,15-,16-/m0/s1. The summed E-state index contributed by atoms with van der Waals surface area (Å²) in [5.41, 5.74) is 0.539. The minimum absolute atomic E-state index is 0.229. The molecule has 0 radical (unpaired) electrons. The van der Waals surface area contributed by atoms with Gasteiger partial charge in [-0.25, -0.2) is 0 Å². The number of nitrogens with zero attached hydrogens (tertiary/aromatic N) is 1. The number of nitrogens with one attached hydrogen (secondary N) is 2. The van der Waals surface area contributed by atoms with E-state index in [1.165, 1.54) is 4.90 Å². The Kier molecular flexibility index (Phi) is 4.08. The van der Waals surface area contributed by atoms with E-state index in [-0.39, 0.29) is 30.3 Å². The van der Waals surface area contributed by atoms with Crippen LogP contribution in [0.3, 0.4) is 0 Å². The number of aliphatic hydroxyl groups excluding tert-OH is 1. The second kappa shape index (κ2) is 6.42. The molecule has 134 valence electrons. The number of benzene rings is 2. The van der Waals surface area contributed by atoms with E-state index in [0.29, 0.717) is 12.0 Å². The van der Waals surface area contributed by atoms with Gasteiger partial charge in [-0.2, -0.15) is 0 Å². The maximum Gasteiger partial charge on any atom is 0.251 e. The molecule has 0 unspecified atom stereocenters. The van der Waals surface area contributed by atoms with Crippen molar-refractivity contribution in [3.63, 3.8) is 0 Å². The van der Waals surface area contributed by atoms with Gasteiger partial charge in [-0.05, 0) is 29.3 Å². The van der Waals surface area contributed by atoms with E-state index in [2.05, 4.69) is 10.6 Å². The Balaban J connectivity index is 1.48. The Morgan fingerprint density at radius 3 is 2.73 bits per heavy atom. The smallest absolute Gasteiger partial charge is 0.251 e. The molecule has 26 heavy (non-hydrogen) atoms. The minimum atomic E-state index is -0.895. The summed E-state index contributed by atoms with van der Waals surface area (Å²) in [6.07, 6.45) is 0.370. The monoisotopic (exact) mass is 353 g/mol. The summed E-state index contributed by atoms with van der Waals surface area (Å²) in [6.45, 7) is -0.158. The van der Waals surface area contributed by atoms with Crippen molar-refractivity contribution in [2.45, 2.75) is 24.5 Å². The van der Waals surface area contributed by atoms with Gasteiger partial charge in [0.05, 0.1) is 6.61 Å². The molecule has 2 aromatic carbocycles. The number of piperazine rings is 1. The molecule has 2 aromatic rings. The molecule has 2 aliphatic rings. The average Bonchev–Trinajstić information content (AvgIpc) is 3.09. The Bertz CT molecular complexity index is 897. The van der Waals surface area contributed by atoms with Crippen LogP contribution in [0.4, 0.5) is 0 Å². The van der Waals surface area contributed by atoms with Crippen molar-refractivity contribution >= 4 is 28.5 Å². The number of rotatable bonds is 3. The molecular formula is C19H19N3O4. The minimum Gasteiger partial charge on any atom is -0.394 e. The van der Waals surface area contributed by atoms with E-state index >= 15 is 0 Å². The summed E-state index contributed by atoms with van der Waals surface area (Å²) >= 11 is 0. The fraction of sp³-hybridized carbons (Fsp3) is 0.316. The average molecular weight is 353 g/mol. The van der Waals surface area contributed by atoms with Crippen LogP contribution in [0.25, 0.3) is 10.8 Å². The number of carbonyl (C=O) groups is 3. The Labute approximate surface area is 150 Å². The molecule has 4 rings (SSSR count). The van der Waals surface area contributed by atoms with Crippen molar-refractivity contribution in [2.75, 3.05) is 13.2 Å². The number of hydrogen-bond donors (Lipinski definition) is 3. The summed E-state index contributed by atoms with van der Waals surface area (Å²) in [5.74, 6) is -0.821. The molecule has 0 aliphatic carbocycles. The van der Waals surface area contributed by atoms with Crippen molar-refractivity contribution in [3.05, 3.63) is 48.0 Å². The Morgan fingerprint density at radius 1 is 1.19 bits per heavy atom. The first-order chi connectivity index (χ1) is 12.6. The first-order valence-corrected chi connectivity index (χ1v) is 8.58. The van der Waals surface area contributed by atoms with Gasteiger partial charge in [0.1, 0.15) is 12.1 Å². The zero-order valence-corrected chi connectivity index (χ0v) is 14.0. The second-order valence-corrected chi connectivity index (χ2v) is 6.72. The maximum absolute atomic E-state index is 12.6. The van der Waals surface area contributed by atoms with Crippen LogP contribution >= 0.6 is 0 Å². The third-order valence-electron chi connectivity index (χ3n) is 5.03. The zero-order valence-electron chi connectivity index (χ0n) is 14.0. The molecule has 3 N–H and O–H groups in total. The van der Waals surface area contributed by atoms with Crippen LogP contribution in [-0.4, -0.2) is 59.0 Å². The van der Waals surface area contributed by atoms with Crippen LogP contribution in [-0.2, 0) is 9.59 Å². The van der Waals surface area contributed by atoms with Crippen LogP contribution in [0.1, 0.15) is 16.8 Å². The van der Waals surface area contributed by atoms with Crippen LogP contribution < -0.4 is 10.6 Å². The fourth-order valence-corrected chi connectivity index (χ4v) is 3.69. The van der Waals surface area contributed by atoms with Crippen molar-refractivity contribution in [1.82, 2.24) is 15.5 Å². The molecule has 2 fully saturated rings. The molecule has 0 aromatic heterocycles. The summed E-state index contributed by atoms with van der Waals surface area (Å²) in [5, 5.41) is 16.7. The Hall–Kier alpha value is -2.93. The number of carbonyl (C=O) groups excluding carboxylic acids is 3.